The lowest BCUT2D eigenvalue weighted by Crippen LogP contribution is -1.89. The highest BCUT2D eigenvalue weighted by molar-refractivity contribution is 9.10. The molecule has 0 fully saturated rings. The minimum absolute atomic E-state index is 0. The molecule has 0 aliphatic rings. The molecule has 2 aromatic carbocycles. The molecule has 4 aromatic heterocycles. The molecule has 8 N–H and O–H groups in total. The van der Waals surface area contributed by atoms with E-state index in [2.05, 4.69) is 87.3 Å². The third-order valence-corrected chi connectivity index (χ3v) is 5.63. The number of nitrogens with one attached hydrogen (secondary N) is 4. The van der Waals surface area contributed by atoms with Crippen LogP contribution in [-0.4, -0.2) is 76.6 Å². The van der Waals surface area contributed by atoms with E-state index in [1.807, 2.05) is 31.2 Å². The average molecular weight is 680 g/mol. The van der Waals surface area contributed by atoms with Crippen molar-refractivity contribution in [2.75, 3.05) is 5.73 Å². The summed E-state index contributed by atoms with van der Waals surface area (Å²) in [5.41, 5.74) is 8.17. The number of fused-ring (bicyclic) bond motifs is 1. The predicted octanol–water partition coefficient (Wildman–Crippen LogP) is 2.65. The van der Waals surface area contributed by atoms with Crippen LogP contribution in [0.25, 0.3) is 10.9 Å². The minimum Gasteiger partial charge on any atom is -0.402 e. The van der Waals surface area contributed by atoms with Gasteiger partial charge in [0, 0.05) is 16.4 Å². The van der Waals surface area contributed by atoms with Crippen LogP contribution >= 0.6 is 47.8 Å². The maximum Gasteiger partial charge on any atom is 0.524 e. The van der Waals surface area contributed by atoms with Crippen LogP contribution in [-0.2, 0) is 4.57 Å². The summed E-state index contributed by atoms with van der Waals surface area (Å²) in [6.07, 6.45) is 5.35. The Morgan fingerprint density at radius 3 is 1.80 bits per heavy atom. The van der Waals surface area contributed by atoms with E-state index in [-0.39, 0.29) is 18.2 Å². The first-order valence-electron chi connectivity index (χ1n) is 10.2. The van der Waals surface area contributed by atoms with Gasteiger partial charge in [0.2, 0.25) is 0 Å². The average Bonchev–Trinajstić information content (AvgIpc) is 3.74. The van der Waals surface area contributed by atoms with Crippen molar-refractivity contribution >= 4 is 64.4 Å². The van der Waals surface area contributed by atoms with Crippen LogP contribution in [0.5, 0.6) is 5.75 Å². The Labute approximate surface area is 244 Å². The first-order valence-corrected chi connectivity index (χ1v) is 12.9. The summed E-state index contributed by atoms with van der Waals surface area (Å²) >= 11 is 9.22. The normalized spacial score (nSPS) is 9.62. The number of nitrogens with zero attached hydrogens (tertiary/aromatic N) is 9. The number of anilines is 1. The lowest BCUT2D eigenvalue weighted by atomic mass is 10.2. The van der Waals surface area contributed by atoms with Crippen molar-refractivity contribution in [3.63, 3.8) is 0 Å². The zero-order chi connectivity index (χ0) is 28.5. The Bertz CT molecular complexity index is 1370. The first-order chi connectivity index (χ1) is 18.7. The summed E-state index contributed by atoms with van der Waals surface area (Å²) in [6.45, 7) is 2.00. The Kier molecular flexibility index (Phi) is 15.6. The maximum absolute atomic E-state index is 10.7. The van der Waals surface area contributed by atoms with Crippen LogP contribution in [0.15, 0.2) is 66.0 Å². The summed E-state index contributed by atoms with van der Waals surface area (Å²) < 4.78 is 15.9. The fourth-order valence-electron chi connectivity index (χ4n) is 2.30. The van der Waals surface area contributed by atoms with Gasteiger partial charge in [0.15, 0.2) is 24.7 Å². The number of tetrazole rings is 3. The quantitative estimate of drug-likeness (QED) is 0.102. The first kappa shape index (κ1) is 34.0. The second-order valence-corrected chi connectivity index (χ2v) is 8.95. The second kappa shape index (κ2) is 18.3. The van der Waals surface area contributed by atoms with Crippen molar-refractivity contribution in [2.45, 2.75) is 6.92 Å². The molecule has 22 heteroatoms. The molecule has 0 spiro atoms. The van der Waals surface area contributed by atoms with Gasteiger partial charge in [-0.05, 0) is 46.6 Å². The number of aryl methyl sites for hydroxylation is 1. The largest absolute Gasteiger partial charge is 0.524 e. The second-order valence-electron chi connectivity index (χ2n) is 6.56. The Morgan fingerprint density at radius 1 is 0.925 bits per heavy atom. The van der Waals surface area contributed by atoms with Crippen LogP contribution in [0, 0.1) is 6.92 Å². The number of para-hydroxylation sites is 1. The van der Waals surface area contributed by atoms with Gasteiger partial charge in [0.05, 0.1) is 15.9 Å². The van der Waals surface area contributed by atoms with Gasteiger partial charge in [-0.15, -0.1) is 43.0 Å². The molecule has 0 radical (unpaired) electrons. The van der Waals surface area contributed by atoms with Gasteiger partial charge in [0.1, 0.15) is 0 Å². The summed E-state index contributed by atoms with van der Waals surface area (Å²) in [5, 5.41) is 37.3. The number of phosphoric ester groups is 1. The highest BCUT2D eigenvalue weighted by atomic mass is 79.9. The van der Waals surface area contributed by atoms with Gasteiger partial charge in [-0.2, -0.15) is 15.6 Å². The number of H-pyrrole nitrogens is 4. The molecule has 0 unspecified atom stereocenters. The summed E-state index contributed by atoms with van der Waals surface area (Å²) in [4.78, 5) is 20.3. The Hall–Kier alpha value is -4.00. The van der Waals surface area contributed by atoms with E-state index >= 15 is 0 Å². The van der Waals surface area contributed by atoms with Crippen molar-refractivity contribution in [2.24, 2.45) is 0 Å². The molecule has 0 aliphatic carbocycles. The van der Waals surface area contributed by atoms with E-state index < -0.39 is 7.82 Å². The lowest BCUT2D eigenvalue weighted by Gasteiger charge is -2.06. The van der Waals surface area contributed by atoms with Gasteiger partial charge < -0.3 is 15.2 Å². The fraction of sp³-hybridized carbons (Fsp3) is 0.0556. The summed E-state index contributed by atoms with van der Waals surface area (Å²) in [6, 6.07) is 11.2. The standard InChI is InChI=1S/C8H6BrClNO4P.C7H9N.3CH2N4.ClH/c9-4-1-2-5-7(8(4)10)6(3-11-5)15-16(12,13)14;1-6-4-2-3-5-7(6)8;3*1-2-4-5-3-1;/h1-3,11H,(H2,12,13,14);2-5H,8H2,1H3;3*1H,(H,2,3,4,5);1H. The third-order valence-electron chi connectivity index (χ3n) is 3.91. The smallest absolute Gasteiger partial charge is 0.402 e. The molecule has 0 saturated heterocycles. The van der Waals surface area contributed by atoms with E-state index in [1.165, 1.54) is 25.2 Å². The molecule has 0 bridgehead atoms. The molecule has 0 saturated carbocycles. The van der Waals surface area contributed by atoms with E-state index in [9.17, 15) is 4.57 Å². The number of hydrogen-bond donors (Lipinski definition) is 7. The number of nitrogens with two attached hydrogens (primary N) is 1. The molecular formula is C18H22BrCl2N14O4P. The number of benzene rings is 2. The van der Waals surface area contributed by atoms with Crippen molar-refractivity contribution in [1.82, 2.24) is 66.9 Å². The van der Waals surface area contributed by atoms with Gasteiger partial charge in [-0.1, -0.05) is 45.4 Å². The van der Waals surface area contributed by atoms with Gasteiger partial charge in [0.25, 0.3) is 0 Å². The molecular weight excluding hydrogens is 658 g/mol. The topological polar surface area (TPSA) is 272 Å². The van der Waals surface area contributed by atoms with Crippen LogP contribution < -0.4 is 10.3 Å². The summed E-state index contributed by atoms with van der Waals surface area (Å²) in [7, 11) is -4.59. The zero-order valence-corrected chi connectivity index (χ0v) is 24.3. The number of phosphoric acid groups is 1. The third kappa shape index (κ3) is 13.2. The Morgan fingerprint density at radius 2 is 1.45 bits per heavy atom. The highest BCUT2D eigenvalue weighted by Crippen LogP contribution is 2.44. The van der Waals surface area contributed by atoms with E-state index in [1.54, 1.807) is 12.1 Å². The van der Waals surface area contributed by atoms with Crippen LogP contribution in [0.3, 0.4) is 0 Å². The number of aromatic nitrogens is 13. The lowest BCUT2D eigenvalue weighted by molar-refractivity contribution is 0.284. The number of hydrogen-bond acceptors (Lipinski definition) is 12. The fourth-order valence-corrected chi connectivity index (χ4v) is 3.29. The van der Waals surface area contributed by atoms with Crippen LogP contribution in [0.4, 0.5) is 5.69 Å². The number of nitrogen functional groups attached to an aromatic ring is 1. The molecule has 0 amide bonds. The Balaban J connectivity index is 0.000000277. The van der Waals surface area contributed by atoms with Crippen LogP contribution in [0.1, 0.15) is 5.56 Å². The summed E-state index contributed by atoms with van der Waals surface area (Å²) in [5.74, 6) is 0.0228. The van der Waals surface area contributed by atoms with Crippen molar-refractivity contribution < 1.29 is 18.9 Å². The zero-order valence-electron chi connectivity index (χ0n) is 20.2. The van der Waals surface area contributed by atoms with E-state index in [0.717, 1.165) is 11.3 Å². The van der Waals surface area contributed by atoms with Crippen LogP contribution in [0.2, 0.25) is 5.02 Å². The molecule has 0 aliphatic heterocycles. The molecule has 6 aromatic rings. The SMILES string of the molecule is Cc1ccccc1N.Cl.O=P(O)(O)Oc1c[nH]c2ccc(Br)c(Cl)c12.c1nn[nH]n1.c1nn[nH]n1.c1nn[nH]n1. The predicted molar refractivity (Wildman–Crippen MR) is 149 cm³/mol. The molecule has 18 nitrogen and oxygen atoms in total. The van der Waals surface area contributed by atoms with E-state index in [0.29, 0.717) is 20.4 Å². The number of rotatable bonds is 2. The molecule has 6 rings (SSSR count). The van der Waals surface area contributed by atoms with Crippen molar-refractivity contribution in [3.8, 4) is 5.75 Å². The van der Waals surface area contributed by atoms with Crippen molar-refractivity contribution in [1.29, 1.82) is 0 Å². The van der Waals surface area contributed by atoms with Crippen molar-refractivity contribution in [3.05, 3.63) is 76.6 Å². The molecule has 214 valence electrons. The van der Waals surface area contributed by atoms with Gasteiger partial charge in [-0.25, -0.2) is 4.57 Å². The van der Waals surface area contributed by atoms with Gasteiger partial charge in [-0.3, -0.25) is 9.79 Å². The molecule has 40 heavy (non-hydrogen) atoms. The van der Waals surface area contributed by atoms with E-state index in [4.69, 9.17) is 27.1 Å². The monoisotopic (exact) mass is 678 g/mol. The molecule has 4 heterocycles. The minimum atomic E-state index is -4.59. The maximum atomic E-state index is 10.7. The number of halogens is 3. The van der Waals surface area contributed by atoms with Gasteiger partial charge >= 0.3 is 7.82 Å². The number of aromatic amines is 4. The molecule has 0 atom stereocenters. The highest BCUT2D eigenvalue weighted by Gasteiger charge is 2.20.